The molecule has 0 saturated heterocycles. The number of benzene rings is 3. The van der Waals surface area contributed by atoms with E-state index in [1.807, 2.05) is 26.0 Å². The number of rotatable bonds is 7. The van der Waals surface area contributed by atoms with Crippen LogP contribution >= 0.6 is 11.6 Å². The van der Waals surface area contributed by atoms with Gasteiger partial charge in [-0.15, -0.1) is 0 Å². The molecule has 2 N–H and O–H groups in total. The van der Waals surface area contributed by atoms with Gasteiger partial charge in [0.15, 0.2) is 6.61 Å². The van der Waals surface area contributed by atoms with Crippen LogP contribution in [-0.4, -0.2) is 20.9 Å². The normalized spacial score (nSPS) is 11.0. The maximum Gasteiger partial charge on any atom is 0.262 e. The molecule has 0 aliphatic carbocycles. The van der Waals surface area contributed by atoms with Gasteiger partial charge >= 0.3 is 0 Å². The Morgan fingerprint density at radius 3 is 2.37 bits per heavy atom. The Morgan fingerprint density at radius 2 is 1.70 bits per heavy atom. The summed E-state index contributed by atoms with van der Waals surface area (Å²) in [6, 6.07) is 18.2. The van der Waals surface area contributed by atoms with Crippen LogP contribution < -0.4 is 14.8 Å². The van der Waals surface area contributed by atoms with Crippen molar-refractivity contribution in [2.75, 3.05) is 16.6 Å². The van der Waals surface area contributed by atoms with E-state index in [9.17, 15) is 13.2 Å². The van der Waals surface area contributed by atoms with Crippen molar-refractivity contribution < 1.29 is 17.9 Å². The average Bonchev–Trinajstić information content (AvgIpc) is 2.69. The molecule has 3 aromatic carbocycles. The second kappa shape index (κ2) is 9.19. The molecule has 0 spiro atoms. The third-order valence-corrected chi connectivity index (χ3v) is 6.03. The van der Waals surface area contributed by atoms with Gasteiger partial charge < -0.3 is 10.1 Å². The van der Waals surface area contributed by atoms with Crippen molar-refractivity contribution in [3.8, 4) is 5.75 Å². The maximum atomic E-state index is 12.5. The molecule has 0 aromatic heterocycles. The van der Waals surface area contributed by atoms with Crippen molar-refractivity contribution in [1.82, 2.24) is 0 Å². The fourth-order valence-electron chi connectivity index (χ4n) is 2.65. The zero-order valence-electron chi connectivity index (χ0n) is 16.5. The number of amides is 1. The number of carbonyl (C=O) groups is 1. The quantitative estimate of drug-likeness (QED) is 0.549. The van der Waals surface area contributed by atoms with Gasteiger partial charge in [-0.1, -0.05) is 29.8 Å². The molecule has 0 aliphatic rings. The second-order valence-electron chi connectivity index (χ2n) is 6.75. The molecule has 0 radical (unpaired) electrons. The van der Waals surface area contributed by atoms with Gasteiger partial charge in [0.25, 0.3) is 15.9 Å². The van der Waals surface area contributed by atoms with E-state index in [1.165, 1.54) is 24.3 Å². The van der Waals surface area contributed by atoms with Gasteiger partial charge in [0.1, 0.15) is 5.75 Å². The Bertz CT molecular complexity index is 1160. The number of carbonyl (C=O) groups excluding carboxylic acids is 1. The summed E-state index contributed by atoms with van der Waals surface area (Å²) >= 11 is 6.04. The number of hydrogen-bond acceptors (Lipinski definition) is 4. The van der Waals surface area contributed by atoms with E-state index in [2.05, 4.69) is 10.0 Å². The summed E-state index contributed by atoms with van der Waals surface area (Å²) in [5.74, 6) is 0.0225. The SMILES string of the molecule is Cc1cccc(NS(=O)(=O)c2ccc(OCC(=O)Nc3ccc(C)c(Cl)c3)cc2)c1. The monoisotopic (exact) mass is 444 g/mol. The first-order chi connectivity index (χ1) is 14.2. The predicted octanol–water partition coefficient (Wildman–Crippen LogP) is 4.78. The lowest BCUT2D eigenvalue weighted by atomic mass is 10.2. The third kappa shape index (κ3) is 5.75. The average molecular weight is 445 g/mol. The Morgan fingerprint density at radius 1 is 0.967 bits per heavy atom. The molecule has 0 unspecified atom stereocenters. The van der Waals surface area contributed by atoms with E-state index >= 15 is 0 Å². The van der Waals surface area contributed by atoms with Crippen LogP contribution in [0.5, 0.6) is 5.75 Å². The number of halogens is 1. The molecule has 30 heavy (non-hydrogen) atoms. The van der Waals surface area contributed by atoms with Gasteiger partial charge in [0, 0.05) is 16.4 Å². The smallest absolute Gasteiger partial charge is 0.262 e. The molecule has 0 atom stereocenters. The highest BCUT2D eigenvalue weighted by Gasteiger charge is 2.14. The van der Waals surface area contributed by atoms with E-state index in [-0.39, 0.29) is 17.4 Å². The Kier molecular flexibility index (Phi) is 6.64. The number of hydrogen-bond donors (Lipinski definition) is 2. The maximum absolute atomic E-state index is 12.5. The Hall–Kier alpha value is -3.03. The Balaban J connectivity index is 1.58. The van der Waals surface area contributed by atoms with Crippen LogP contribution in [0.3, 0.4) is 0 Å². The zero-order chi connectivity index (χ0) is 21.7. The minimum Gasteiger partial charge on any atom is -0.484 e. The van der Waals surface area contributed by atoms with E-state index in [1.54, 1.807) is 30.3 Å². The van der Waals surface area contributed by atoms with Gasteiger partial charge in [0.2, 0.25) is 0 Å². The first-order valence-corrected chi connectivity index (χ1v) is 11.0. The van der Waals surface area contributed by atoms with Crippen molar-refractivity contribution >= 4 is 38.9 Å². The van der Waals surface area contributed by atoms with Crippen molar-refractivity contribution in [3.63, 3.8) is 0 Å². The number of anilines is 2. The van der Waals surface area contributed by atoms with Crippen LogP contribution in [0, 0.1) is 13.8 Å². The summed E-state index contributed by atoms with van der Waals surface area (Å²) in [5, 5.41) is 3.25. The molecule has 3 rings (SSSR count). The standard InChI is InChI=1S/C22H21ClN2O4S/c1-15-4-3-5-18(12-15)25-30(27,28)20-10-8-19(9-11-20)29-14-22(26)24-17-7-6-16(2)21(23)13-17/h3-13,25H,14H2,1-2H3,(H,24,26). The van der Waals surface area contributed by atoms with Crippen molar-refractivity contribution in [1.29, 1.82) is 0 Å². The highest BCUT2D eigenvalue weighted by Crippen LogP contribution is 2.21. The van der Waals surface area contributed by atoms with Crippen LogP contribution in [0.1, 0.15) is 11.1 Å². The molecule has 0 aliphatic heterocycles. The molecule has 8 heteroatoms. The summed E-state index contributed by atoms with van der Waals surface area (Å²) in [7, 11) is -3.72. The van der Waals surface area contributed by atoms with Crippen molar-refractivity contribution in [2.24, 2.45) is 0 Å². The summed E-state index contributed by atoms with van der Waals surface area (Å²) in [4.78, 5) is 12.1. The molecule has 0 heterocycles. The number of ether oxygens (including phenoxy) is 1. The molecular formula is C22H21ClN2O4S. The fourth-order valence-corrected chi connectivity index (χ4v) is 3.88. The third-order valence-electron chi connectivity index (χ3n) is 4.23. The molecule has 3 aromatic rings. The summed E-state index contributed by atoms with van der Waals surface area (Å²) in [6.45, 7) is 3.53. The zero-order valence-corrected chi connectivity index (χ0v) is 18.0. The van der Waals surface area contributed by atoms with Crippen molar-refractivity contribution in [2.45, 2.75) is 18.7 Å². The number of nitrogens with one attached hydrogen (secondary N) is 2. The first kappa shape index (κ1) is 21.7. The van der Waals surface area contributed by atoms with E-state index in [4.69, 9.17) is 16.3 Å². The second-order valence-corrected chi connectivity index (χ2v) is 8.84. The summed E-state index contributed by atoms with van der Waals surface area (Å²) in [5.41, 5.74) is 2.93. The summed E-state index contributed by atoms with van der Waals surface area (Å²) < 4.78 is 33.0. The molecule has 0 bridgehead atoms. The van der Waals surface area contributed by atoms with Crippen LogP contribution in [0.4, 0.5) is 11.4 Å². The van der Waals surface area contributed by atoms with Gasteiger partial charge in [-0.2, -0.15) is 0 Å². The Labute approximate surface area is 180 Å². The van der Waals surface area contributed by atoms with Gasteiger partial charge in [-0.05, 0) is 73.5 Å². The molecule has 1 amide bonds. The minimum absolute atomic E-state index is 0.0927. The van der Waals surface area contributed by atoms with Crippen molar-refractivity contribution in [3.05, 3.63) is 82.9 Å². The molecule has 6 nitrogen and oxygen atoms in total. The molecule has 156 valence electrons. The van der Waals surface area contributed by atoms with Crippen LogP contribution in [0.2, 0.25) is 5.02 Å². The lowest BCUT2D eigenvalue weighted by molar-refractivity contribution is -0.118. The van der Waals surface area contributed by atoms with E-state index < -0.39 is 10.0 Å². The lowest BCUT2D eigenvalue weighted by Crippen LogP contribution is -2.20. The summed E-state index contributed by atoms with van der Waals surface area (Å²) in [6.07, 6.45) is 0. The van der Waals surface area contributed by atoms with Crippen LogP contribution in [-0.2, 0) is 14.8 Å². The topological polar surface area (TPSA) is 84.5 Å². The van der Waals surface area contributed by atoms with Gasteiger partial charge in [0.05, 0.1) is 4.90 Å². The van der Waals surface area contributed by atoms with Crippen LogP contribution in [0.15, 0.2) is 71.6 Å². The molecular weight excluding hydrogens is 424 g/mol. The molecule has 0 saturated carbocycles. The first-order valence-electron chi connectivity index (χ1n) is 9.11. The minimum atomic E-state index is -3.72. The number of sulfonamides is 1. The number of aryl methyl sites for hydroxylation is 2. The van der Waals surface area contributed by atoms with E-state index in [0.717, 1.165) is 11.1 Å². The van der Waals surface area contributed by atoms with Crippen LogP contribution in [0.25, 0.3) is 0 Å². The fraction of sp³-hybridized carbons (Fsp3) is 0.136. The largest absolute Gasteiger partial charge is 0.484 e. The van der Waals surface area contributed by atoms with Gasteiger partial charge in [-0.25, -0.2) is 8.42 Å². The van der Waals surface area contributed by atoms with Gasteiger partial charge in [-0.3, -0.25) is 9.52 Å². The highest BCUT2D eigenvalue weighted by molar-refractivity contribution is 7.92. The van der Waals surface area contributed by atoms with E-state index in [0.29, 0.717) is 22.1 Å². The molecule has 0 fully saturated rings. The predicted molar refractivity (Wildman–Crippen MR) is 119 cm³/mol. The highest BCUT2D eigenvalue weighted by atomic mass is 35.5. The lowest BCUT2D eigenvalue weighted by Gasteiger charge is -2.11.